The van der Waals surface area contributed by atoms with Crippen molar-refractivity contribution in [1.29, 1.82) is 0 Å². The van der Waals surface area contributed by atoms with Crippen LogP contribution in [-0.2, 0) is 11.3 Å². The maximum atomic E-state index is 12.1. The molecule has 1 amide bonds. The molecular formula is C19H32N4O2. The van der Waals surface area contributed by atoms with E-state index in [2.05, 4.69) is 27.5 Å². The zero-order chi connectivity index (χ0) is 18.5. The monoisotopic (exact) mass is 348 g/mol. The Morgan fingerprint density at radius 3 is 2.80 bits per heavy atom. The maximum absolute atomic E-state index is 12.1. The minimum atomic E-state index is -0.485. The summed E-state index contributed by atoms with van der Waals surface area (Å²) in [6.45, 7) is 11.0. The number of nitrogens with one attached hydrogen (secondary N) is 2. The Morgan fingerprint density at radius 1 is 1.40 bits per heavy atom. The lowest BCUT2D eigenvalue weighted by Crippen LogP contribution is -2.59. The second kappa shape index (κ2) is 8.13. The van der Waals surface area contributed by atoms with Gasteiger partial charge in [-0.3, -0.25) is 0 Å². The van der Waals surface area contributed by atoms with E-state index in [4.69, 9.17) is 4.74 Å². The van der Waals surface area contributed by atoms with E-state index in [1.165, 1.54) is 6.42 Å². The summed E-state index contributed by atoms with van der Waals surface area (Å²) in [6.07, 6.45) is 6.03. The lowest BCUT2D eigenvalue weighted by Gasteiger charge is -2.44. The molecule has 2 rings (SSSR count). The van der Waals surface area contributed by atoms with Crippen LogP contribution in [0.25, 0.3) is 0 Å². The molecule has 0 saturated heterocycles. The molecule has 1 aliphatic rings. The summed E-state index contributed by atoms with van der Waals surface area (Å²) in [5.74, 6) is 1.25. The van der Waals surface area contributed by atoms with Gasteiger partial charge in [-0.05, 0) is 52.5 Å². The smallest absolute Gasteiger partial charge is 0.407 e. The quantitative estimate of drug-likeness (QED) is 0.853. The normalized spacial score (nSPS) is 24.0. The molecule has 2 atom stereocenters. The summed E-state index contributed by atoms with van der Waals surface area (Å²) >= 11 is 0. The van der Waals surface area contributed by atoms with E-state index in [1.807, 2.05) is 33.8 Å². The number of rotatable bonds is 5. The first-order valence-electron chi connectivity index (χ1n) is 9.21. The van der Waals surface area contributed by atoms with Gasteiger partial charge in [0.2, 0.25) is 0 Å². The van der Waals surface area contributed by atoms with Crippen LogP contribution in [0.4, 0.5) is 4.79 Å². The van der Waals surface area contributed by atoms with Gasteiger partial charge in [0, 0.05) is 24.8 Å². The van der Waals surface area contributed by atoms with E-state index in [0.29, 0.717) is 19.0 Å². The van der Waals surface area contributed by atoms with Crippen molar-refractivity contribution in [3.8, 4) is 0 Å². The van der Waals surface area contributed by atoms with Crippen LogP contribution >= 0.6 is 0 Å². The number of ether oxygens (including phenoxy) is 1. The molecule has 25 heavy (non-hydrogen) atoms. The van der Waals surface area contributed by atoms with Crippen molar-refractivity contribution in [3.05, 3.63) is 23.8 Å². The number of carbonyl (C=O) groups is 1. The van der Waals surface area contributed by atoms with Gasteiger partial charge >= 0.3 is 6.09 Å². The molecule has 2 unspecified atom stereocenters. The van der Waals surface area contributed by atoms with Crippen molar-refractivity contribution >= 4 is 6.09 Å². The molecule has 0 aromatic carbocycles. The van der Waals surface area contributed by atoms with Crippen molar-refractivity contribution in [2.75, 3.05) is 6.54 Å². The standard InChI is InChI=1S/C19H32N4O2/c1-14-8-6-7-10-19(14,13-21-17(24)25-18(3,4)5)22-12-16-9-11-20-15(2)23-16/h9,11,14,22H,6-8,10,12-13H2,1-5H3,(H,21,24). The predicted octanol–water partition coefficient (Wildman–Crippen LogP) is 3.35. The van der Waals surface area contributed by atoms with Gasteiger partial charge in [-0.25, -0.2) is 14.8 Å². The highest BCUT2D eigenvalue weighted by atomic mass is 16.6. The summed E-state index contributed by atoms with van der Waals surface area (Å²) < 4.78 is 5.39. The highest BCUT2D eigenvalue weighted by Crippen LogP contribution is 2.33. The van der Waals surface area contributed by atoms with Crippen LogP contribution in [0.15, 0.2) is 12.3 Å². The number of aryl methyl sites for hydroxylation is 1. The summed E-state index contributed by atoms with van der Waals surface area (Å²) in [5, 5.41) is 6.66. The minimum Gasteiger partial charge on any atom is -0.444 e. The van der Waals surface area contributed by atoms with Crippen molar-refractivity contribution in [2.45, 2.75) is 78.0 Å². The molecule has 1 aromatic rings. The first-order valence-corrected chi connectivity index (χ1v) is 9.21. The van der Waals surface area contributed by atoms with Crippen LogP contribution < -0.4 is 10.6 Å². The first-order chi connectivity index (χ1) is 11.7. The van der Waals surface area contributed by atoms with Gasteiger partial charge in [0.25, 0.3) is 0 Å². The number of nitrogens with zero attached hydrogens (tertiary/aromatic N) is 2. The third-order valence-corrected chi connectivity index (χ3v) is 4.86. The van der Waals surface area contributed by atoms with E-state index in [-0.39, 0.29) is 11.6 Å². The molecule has 0 aliphatic heterocycles. The third-order valence-electron chi connectivity index (χ3n) is 4.86. The van der Waals surface area contributed by atoms with Gasteiger partial charge in [-0.1, -0.05) is 19.8 Å². The molecule has 0 bridgehead atoms. The van der Waals surface area contributed by atoms with Crippen LogP contribution in [0.3, 0.4) is 0 Å². The summed E-state index contributed by atoms with van der Waals surface area (Å²) in [4.78, 5) is 20.7. The van der Waals surface area contributed by atoms with Gasteiger partial charge in [0.05, 0.1) is 5.69 Å². The first kappa shape index (κ1) is 19.6. The molecule has 1 saturated carbocycles. The predicted molar refractivity (Wildman–Crippen MR) is 98.2 cm³/mol. The number of carbonyl (C=O) groups excluding carboxylic acids is 1. The van der Waals surface area contributed by atoms with Crippen LogP contribution in [0.1, 0.15) is 64.9 Å². The average molecular weight is 348 g/mol. The molecule has 1 aliphatic carbocycles. The lowest BCUT2D eigenvalue weighted by atomic mass is 9.73. The Kier molecular flexibility index (Phi) is 6.38. The van der Waals surface area contributed by atoms with Crippen molar-refractivity contribution in [1.82, 2.24) is 20.6 Å². The fourth-order valence-electron chi connectivity index (χ4n) is 3.42. The Labute approximate surface area is 151 Å². The zero-order valence-corrected chi connectivity index (χ0v) is 16.2. The summed E-state index contributed by atoms with van der Waals surface area (Å²) in [5.41, 5.74) is 0.358. The van der Waals surface area contributed by atoms with E-state index >= 15 is 0 Å². The van der Waals surface area contributed by atoms with Gasteiger partial charge in [0.15, 0.2) is 0 Å². The lowest BCUT2D eigenvalue weighted by molar-refractivity contribution is 0.0479. The molecule has 2 N–H and O–H groups in total. The van der Waals surface area contributed by atoms with Crippen LogP contribution in [0.2, 0.25) is 0 Å². The zero-order valence-electron chi connectivity index (χ0n) is 16.2. The molecule has 1 aromatic heterocycles. The Hall–Kier alpha value is -1.69. The SMILES string of the molecule is Cc1nccc(CNC2(CNC(=O)OC(C)(C)C)CCCCC2C)n1. The third kappa shape index (κ3) is 5.96. The largest absolute Gasteiger partial charge is 0.444 e. The van der Waals surface area contributed by atoms with Gasteiger partial charge in [-0.2, -0.15) is 0 Å². The highest BCUT2D eigenvalue weighted by Gasteiger charge is 2.38. The van der Waals surface area contributed by atoms with Gasteiger partial charge < -0.3 is 15.4 Å². The molecule has 6 heteroatoms. The number of aromatic nitrogens is 2. The molecule has 1 heterocycles. The molecular weight excluding hydrogens is 316 g/mol. The van der Waals surface area contributed by atoms with E-state index in [9.17, 15) is 4.79 Å². The topological polar surface area (TPSA) is 76.1 Å². The maximum Gasteiger partial charge on any atom is 0.407 e. The summed E-state index contributed by atoms with van der Waals surface area (Å²) in [7, 11) is 0. The van der Waals surface area contributed by atoms with Crippen molar-refractivity contribution < 1.29 is 9.53 Å². The van der Waals surface area contributed by atoms with Gasteiger partial charge in [0.1, 0.15) is 11.4 Å². The second-order valence-electron chi connectivity index (χ2n) is 8.11. The van der Waals surface area contributed by atoms with Crippen LogP contribution in [-0.4, -0.2) is 33.7 Å². The molecule has 0 radical (unpaired) electrons. The number of amides is 1. The van der Waals surface area contributed by atoms with E-state index in [1.54, 1.807) is 6.20 Å². The minimum absolute atomic E-state index is 0.131. The Balaban J connectivity index is 2.02. The van der Waals surface area contributed by atoms with Crippen LogP contribution in [0.5, 0.6) is 0 Å². The van der Waals surface area contributed by atoms with E-state index < -0.39 is 5.60 Å². The Bertz CT molecular complexity index is 585. The van der Waals surface area contributed by atoms with Crippen LogP contribution in [0, 0.1) is 12.8 Å². The second-order valence-corrected chi connectivity index (χ2v) is 8.11. The fourth-order valence-corrected chi connectivity index (χ4v) is 3.42. The fraction of sp³-hybridized carbons (Fsp3) is 0.737. The Morgan fingerprint density at radius 2 is 2.16 bits per heavy atom. The number of hydrogen-bond acceptors (Lipinski definition) is 5. The van der Waals surface area contributed by atoms with Gasteiger partial charge in [-0.15, -0.1) is 0 Å². The van der Waals surface area contributed by atoms with Crippen molar-refractivity contribution in [2.24, 2.45) is 5.92 Å². The molecule has 6 nitrogen and oxygen atoms in total. The van der Waals surface area contributed by atoms with E-state index in [0.717, 1.165) is 30.8 Å². The molecule has 140 valence electrons. The highest BCUT2D eigenvalue weighted by molar-refractivity contribution is 5.67. The number of alkyl carbamates (subject to hydrolysis) is 1. The number of hydrogen-bond donors (Lipinski definition) is 2. The molecule has 0 spiro atoms. The average Bonchev–Trinajstić information content (AvgIpc) is 2.52. The molecule has 1 fully saturated rings. The summed E-state index contributed by atoms with van der Waals surface area (Å²) in [6, 6.07) is 1.93. The van der Waals surface area contributed by atoms with Crippen molar-refractivity contribution in [3.63, 3.8) is 0 Å².